The zero-order chi connectivity index (χ0) is 11.7. The van der Waals surface area contributed by atoms with Gasteiger partial charge in [0.25, 0.3) is 0 Å². The van der Waals surface area contributed by atoms with Crippen molar-refractivity contribution < 1.29 is 14.3 Å². The topological polar surface area (TPSA) is 50.4 Å². The highest BCUT2D eigenvalue weighted by molar-refractivity contribution is 9.10. The lowest BCUT2D eigenvalue weighted by Crippen LogP contribution is -1.97. The number of carboxylic acid groups (broad SMARTS) is 1. The molecule has 2 rings (SSSR count). The fraction of sp³-hybridized carbons (Fsp3) is 0.0833. The van der Waals surface area contributed by atoms with Gasteiger partial charge in [-0.25, -0.2) is 4.79 Å². The van der Waals surface area contributed by atoms with Crippen LogP contribution in [0.15, 0.2) is 39.4 Å². The third-order valence-electron chi connectivity index (χ3n) is 2.35. The first kappa shape index (κ1) is 11.0. The third-order valence-corrected chi connectivity index (χ3v) is 2.97. The standard InChI is InChI=1S/C12H9BrO3/c1-7-2-3-8(12(14)15)6-9(7)11-10(13)4-5-16-11/h2-6H,1H3,(H,14,15). The molecule has 1 aromatic carbocycles. The Morgan fingerprint density at radius 2 is 2.12 bits per heavy atom. The Balaban J connectivity index is 2.60. The summed E-state index contributed by atoms with van der Waals surface area (Å²) in [5.41, 5.74) is 2.02. The fourth-order valence-corrected chi connectivity index (χ4v) is 1.90. The number of furan rings is 1. The van der Waals surface area contributed by atoms with E-state index < -0.39 is 5.97 Å². The SMILES string of the molecule is Cc1ccc(C(=O)O)cc1-c1occc1Br. The minimum Gasteiger partial charge on any atom is -0.478 e. The second-order valence-electron chi connectivity index (χ2n) is 3.43. The molecule has 0 amide bonds. The summed E-state index contributed by atoms with van der Waals surface area (Å²) in [6.07, 6.45) is 1.56. The van der Waals surface area contributed by atoms with Crippen LogP contribution in [0, 0.1) is 6.92 Å². The van der Waals surface area contributed by atoms with Crippen LogP contribution >= 0.6 is 15.9 Å². The molecule has 0 radical (unpaired) electrons. The van der Waals surface area contributed by atoms with Gasteiger partial charge in [0.05, 0.1) is 16.3 Å². The van der Waals surface area contributed by atoms with E-state index in [1.807, 2.05) is 6.92 Å². The molecule has 0 bridgehead atoms. The minimum atomic E-state index is -0.941. The van der Waals surface area contributed by atoms with Crippen molar-refractivity contribution in [2.75, 3.05) is 0 Å². The smallest absolute Gasteiger partial charge is 0.335 e. The Labute approximate surface area is 101 Å². The van der Waals surface area contributed by atoms with Crippen LogP contribution in [0.4, 0.5) is 0 Å². The molecule has 1 N–H and O–H groups in total. The Bertz CT molecular complexity index is 543. The van der Waals surface area contributed by atoms with Gasteiger partial charge in [-0.05, 0) is 46.6 Å². The van der Waals surface area contributed by atoms with Gasteiger partial charge in [0, 0.05) is 5.56 Å². The molecule has 2 aromatic rings. The normalized spacial score (nSPS) is 10.4. The average molecular weight is 281 g/mol. The van der Waals surface area contributed by atoms with E-state index in [1.165, 1.54) is 0 Å². The van der Waals surface area contributed by atoms with Crippen LogP contribution < -0.4 is 0 Å². The van der Waals surface area contributed by atoms with Crippen LogP contribution in [0.25, 0.3) is 11.3 Å². The van der Waals surface area contributed by atoms with Gasteiger partial charge in [0.2, 0.25) is 0 Å². The molecular weight excluding hydrogens is 272 g/mol. The molecule has 0 aliphatic carbocycles. The fourth-order valence-electron chi connectivity index (χ4n) is 1.49. The molecular formula is C12H9BrO3. The van der Waals surface area contributed by atoms with Gasteiger partial charge in [0.1, 0.15) is 5.76 Å². The number of benzene rings is 1. The first-order valence-electron chi connectivity index (χ1n) is 4.67. The zero-order valence-corrected chi connectivity index (χ0v) is 10.1. The van der Waals surface area contributed by atoms with Gasteiger partial charge in [-0.2, -0.15) is 0 Å². The zero-order valence-electron chi connectivity index (χ0n) is 8.53. The second kappa shape index (κ2) is 4.14. The van der Waals surface area contributed by atoms with Gasteiger partial charge < -0.3 is 9.52 Å². The predicted octanol–water partition coefficient (Wildman–Crippen LogP) is 3.72. The summed E-state index contributed by atoms with van der Waals surface area (Å²) < 4.78 is 6.14. The molecule has 0 atom stereocenters. The number of carboxylic acids is 1. The van der Waals surface area contributed by atoms with E-state index >= 15 is 0 Å². The van der Waals surface area contributed by atoms with E-state index in [1.54, 1.807) is 30.5 Å². The maximum Gasteiger partial charge on any atom is 0.335 e. The predicted molar refractivity (Wildman–Crippen MR) is 63.5 cm³/mol. The number of aromatic carboxylic acids is 1. The Morgan fingerprint density at radius 1 is 1.38 bits per heavy atom. The number of halogens is 1. The van der Waals surface area contributed by atoms with Crippen molar-refractivity contribution in [1.82, 2.24) is 0 Å². The molecule has 0 spiro atoms. The molecule has 0 aliphatic heterocycles. The molecule has 0 aliphatic rings. The van der Waals surface area contributed by atoms with Crippen molar-refractivity contribution in [1.29, 1.82) is 0 Å². The van der Waals surface area contributed by atoms with Crippen LogP contribution in [0.2, 0.25) is 0 Å². The molecule has 0 saturated heterocycles. The van der Waals surface area contributed by atoms with Gasteiger partial charge in [-0.1, -0.05) is 6.07 Å². The first-order valence-corrected chi connectivity index (χ1v) is 5.46. The van der Waals surface area contributed by atoms with Gasteiger partial charge in [-0.15, -0.1) is 0 Å². The monoisotopic (exact) mass is 280 g/mol. The van der Waals surface area contributed by atoms with Crippen molar-refractivity contribution in [2.24, 2.45) is 0 Å². The summed E-state index contributed by atoms with van der Waals surface area (Å²) in [4.78, 5) is 10.9. The summed E-state index contributed by atoms with van der Waals surface area (Å²) in [5, 5.41) is 8.92. The highest BCUT2D eigenvalue weighted by atomic mass is 79.9. The van der Waals surface area contributed by atoms with Gasteiger partial charge >= 0.3 is 5.97 Å². The van der Waals surface area contributed by atoms with E-state index in [4.69, 9.17) is 9.52 Å². The molecule has 0 fully saturated rings. The molecule has 3 nitrogen and oxygen atoms in total. The first-order chi connectivity index (χ1) is 7.59. The maximum absolute atomic E-state index is 10.9. The lowest BCUT2D eigenvalue weighted by atomic mass is 10.0. The summed E-state index contributed by atoms with van der Waals surface area (Å²) in [6.45, 7) is 1.91. The lowest BCUT2D eigenvalue weighted by molar-refractivity contribution is 0.0697. The largest absolute Gasteiger partial charge is 0.478 e. The van der Waals surface area contributed by atoms with Crippen LogP contribution in [0.1, 0.15) is 15.9 Å². The summed E-state index contributed by atoms with van der Waals surface area (Å²) >= 11 is 3.36. The molecule has 4 heteroatoms. The Hall–Kier alpha value is -1.55. The summed E-state index contributed by atoms with van der Waals surface area (Å²) in [6, 6.07) is 6.75. The Morgan fingerprint density at radius 3 is 2.69 bits per heavy atom. The minimum absolute atomic E-state index is 0.254. The molecule has 16 heavy (non-hydrogen) atoms. The highest BCUT2D eigenvalue weighted by Crippen LogP contribution is 2.32. The number of rotatable bonds is 2. The Kier molecular flexibility index (Phi) is 2.83. The van der Waals surface area contributed by atoms with Crippen LogP contribution in [-0.4, -0.2) is 11.1 Å². The van der Waals surface area contributed by atoms with Gasteiger partial charge in [0.15, 0.2) is 0 Å². The van der Waals surface area contributed by atoms with Crippen LogP contribution in [0.3, 0.4) is 0 Å². The van der Waals surface area contributed by atoms with Crippen molar-refractivity contribution >= 4 is 21.9 Å². The number of hydrogen-bond donors (Lipinski definition) is 1. The quantitative estimate of drug-likeness (QED) is 0.912. The summed E-state index contributed by atoms with van der Waals surface area (Å²) in [7, 11) is 0. The van der Waals surface area contributed by atoms with Crippen molar-refractivity contribution in [3.05, 3.63) is 46.1 Å². The molecule has 82 valence electrons. The number of aryl methyl sites for hydroxylation is 1. The van der Waals surface area contributed by atoms with E-state index in [0.717, 1.165) is 15.6 Å². The van der Waals surface area contributed by atoms with Crippen molar-refractivity contribution in [3.8, 4) is 11.3 Å². The number of carbonyl (C=O) groups is 1. The van der Waals surface area contributed by atoms with Crippen LogP contribution in [0.5, 0.6) is 0 Å². The van der Waals surface area contributed by atoms with E-state index in [2.05, 4.69) is 15.9 Å². The molecule has 1 aromatic heterocycles. The third kappa shape index (κ3) is 1.88. The van der Waals surface area contributed by atoms with E-state index in [0.29, 0.717) is 5.76 Å². The van der Waals surface area contributed by atoms with Crippen LogP contribution in [-0.2, 0) is 0 Å². The maximum atomic E-state index is 10.9. The lowest BCUT2D eigenvalue weighted by Gasteiger charge is -2.04. The second-order valence-corrected chi connectivity index (χ2v) is 4.29. The highest BCUT2D eigenvalue weighted by Gasteiger charge is 2.12. The molecule has 0 unspecified atom stereocenters. The average Bonchev–Trinajstić information content (AvgIpc) is 2.65. The molecule has 1 heterocycles. The molecule has 0 saturated carbocycles. The van der Waals surface area contributed by atoms with Crippen molar-refractivity contribution in [3.63, 3.8) is 0 Å². The van der Waals surface area contributed by atoms with E-state index in [-0.39, 0.29) is 5.56 Å². The van der Waals surface area contributed by atoms with Gasteiger partial charge in [-0.3, -0.25) is 0 Å². The number of hydrogen-bond acceptors (Lipinski definition) is 2. The van der Waals surface area contributed by atoms with E-state index in [9.17, 15) is 4.79 Å². The summed E-state index contributed by atoms with van der Waals surface area (Å²) in [5.74, 6) is -0.287. The van der Waals surface area contributed by atoms with Crippen molar-refractivity contribution in [2.45, 2.75) is 6.92 Å².